The van der Waals surface area contributed by atoms with Crippen LogP contribution in [0.4, 0.5) is 0 Å². The molecular formula is C16H31Cl2N7O2. The Bertz CT molecular complexity index is 515. The zero-order chi connectivity index (χ0) is 19.6. The molecule has 3 aliphatic heterocycles. The number of halogens is 2. The second-order valence-corrected chi connectivity index (χ2v) is 8.87. The average Bonchev–Trinajstić information content (AvgIpc) is 2.91. The van der Waals surface area contributed by atoms with Crippen LogP contribution in [0.2, 0.25) is 0 Å². The number of nitrogens with one attached hydrogen (secondary N) is 4. The van der Waals surface area contributed by atoms with Gasteiger partial charge in [0.05, 0.1) is 47.9 Å². The molecule has 11 heteroatoms. The van der Waals surface area contributed by atoms with E-state index in [0.29, 0.717) is 32.7 Å². The molecule has 3 rings (SSSR count). The molecule has 0 aliphatic carbocycles. The van der Waals surface area contributed by atoms with Crippen LogP contribution in [0.15, 0.2) is 0 Å². The molecule has 0 aromatic rings. The number of hydrogen-bond acceptors (Lipinski definition) is 8. The number of carbonyl (C=O) groups excluding carboxylic acids is 1. The van der Waals surface area contributed by atoms with Crippen molar-refractivity contribution in [3.8, 4) is 0 Å². The summed E-state index contributed by atoms with van der Waals surface area (Å²) < 4.78 is 6.02. The number of alkyl halides is 2. The lowest BCUT2D eigenvalue weighted by molar-refractivity contribution is -0.129. The minimum absolute atomic E-state index is 0.0135. The van der Waals surface area contributed by atoms with Crippen LogP contribution in [0.5, 0.6) is 0 Å². The first-order chi connectivity index (χ1) is 12.8. The molecular weight excluding hydrogens is 393 g/mol. The van der Waals surface area contributed by atoms with Gasteiger partial charge in [-0.1, -0.05) is 0 Å². The van der Waals surface area contributed by atoms with Gasteiger partial charge in [0.1, 0.15) is 0 Å². The molecule has 3 saturated heterocycles. The van der Waals surface area contributed by atoms with E-state index in [1.54, 1.807) is 0 Å². The standard InChI is InChI=1S/C16H31Cl2N7O2/c1-24(2)3-4-27-11-5-12(18)20-7-10(11)22-16(26)13-14(19)23-25-8-9(17)6-21-15(13)25/h9-15,20-21,23H,3-8,19H2,1-2H3,(H,22,26). The van der Waals surface area contributed by atoms with E-state index in [1.165, 1.54) is 0 Å². The fourth-order valence-electron chi connectivity index (χ4n) is 3.81. The molecule has 0 aromatic carbocycles. The summed E-state index contributed by atoms with van der Waals surface area (Å²) in [5.74, 6) is -0.505. The van der Waals surface area contributed by atoms with Crippen molar-refractivity contribution in [2.24, 2.45) is 11.7 Å². The molecule has 0 saturated carbocycles. The van der Waals surface area contributed by atoms with Gasteiger partial charge in [-0.15, -0.1) is 23.2 Å². The van der Waals surface area contributed by atoms with E-state index in [0.717, 1.165) is 6.54 Å². The average molecular weight is 424 g/mol. The molecule has 3 aliphatic rings. The molecule has 0 aromatic heterocycles. The Morgan fingerprint density at radius 2 is 2.11 bits per heavy atom. The Kier molecular flexibility index (Phi) is 7.57. The maximum absolute atomic E-state index is 13.0. The number of ether oxygens (including phenoxy) is 1. The second-order valence-electron chi connectivity index (χ2n) is 7.72. The number of nitrogens with two attached hydrogens (primary N) is 1. The number of hydrogen-bond donors (Lipinski definition) is 5. The first-order valence-electron chi connectivity index (χ1n) is 9.45. The molecule has 3 heterocycles. The van der Waals surface area contributed by atoms with Crippen LogP contribution in [0.1, 0.15) is 6.42 Å². The summed E-state index contributed by atoms with van der Waals surface area (Å²) in [6, 6.07) is -0.153. The molecule has 3 fully saturated rings. The van der Waals surface area contributed by atoms with E-state index in [-0.39, 0.29) is 35.1 Å². The molecule has 1 amide bonds. The van der Waals surface area contributed by atoms with Crippen molar-refractivity contribution in [2.45, 2.75) is 41.8 Å². The molecule has 0 spiro atoms. The second kappa shape index (κ2) is 9.51. The molecule has 0 radical (unpaired) electrons. The highest BCUT2D eigenvalue weighted by atomic mass is 35.5. The molecule has 9 nitrogen and oxygen atoms in total. The van der Waals surface area contributed by atoms with Gasteiger partial charge in [0.2, 0.25) is 5.91 Å². The van der Waals surface area contributed by atoms with Crippen LogP contribution < -0.4 is 27.1 Å². The summed E-state index contributed by atoms with van der Waals surface area (Å²) in [6.45, 7) is 3.26. The lowest BCUT2D eigenvalue weighted by atomic mass is 9.98. The van der Waals surface area contributed by atoms with Crippen molar-refractivity contribution in [3.63, 3.8) is 0 Å². The van der Waals surface area contributed by atoms with Crippen molar-refractivity contribution >= 4 is 29.1 Å². The fourth-order valence-corrected chi connectivity index (χ4v) is 4.31. The lowest BCUT2D eigenvalue weighted by Gasteiger charge is -2.37. The number of piperidine rings is 1. The van der Waals surface area contributed by atoms with Crippen molar-refractivity contribution in [3.05, 3.63) is 0 Å². The van der Waals surface area contributed by atoms with Gasteiger partial charge in [-0.2, -0.15) is 0 Å². The normalized spacial score (nSPS) is 40.1. The molecule has 6 N–H and O–H groups in total. The van der Waals surface area contributed by atoms with E-state index in [4.69, 9.17) is 33.7 Å². The van der Waals surface area contributed by atoms with E-state index >= 15 is 0 Å². The highest BCUT2D eigenvalue weighted by Crippen LogP contribution is 2.23. The monoisotopic (exact) mass is 423 g/mol. The SMILES string of the molecule is CN(C)CCOC1CC(Cl)NCC1NC(=O)C1C(N)NN2CC(Cl)CNC12. The quantitative estimate of drug-likeness (QED) is 0.252. The third-order valence-electron chi connectivity index (χ3n) is 5.27. The van der Waals surface area contributed by atoms with Crippen LogP contribution in [0, 0.1) is 5.92 Å². The number of likely N-dealkylation sites (N-methyl/N-ethyl adjacent to an activating group) is 1. The Balaban J connectivity index is 1.59. The number of fused-ring (bicyclic) bond motifs is 1. The Morgan fingerprint density at radius 1 is 1.33 bits per heavy atom. The topological polar surface area (TPSA) is 107 Å². The molecule has 27 heavy (non-hydrogen) atoms. The highest BCUT2D eigenvalue weighted by molar-refractivity contribution is 6.21. The summed E-state index contributed by atoms with van der Waals surface area (Å²) in [4.78, 5) is 15.1. The number of rotatable bonds is 6. The van der Waals surface area contributed by atoms with Gasteiger partial charge in [-0.25, -0.2) is 10.4 Å². The maximum atomic E-state index is 13.0. The van der Waals surface area contributed by atoms with Crippen LogP contribution in [-0.2, 0) is 9.53 Å². The summed E-state index contributed by atoms with van der Waals surface area (Å²) in [6.07, 6.45) is -0.127. The smallest absolute Gasteiger partial charge is 0.229 e. The van der Waals surface area contributed by atoms with Crippen molar-refractivity contribution in [2.75, 3.05) is 46.9 Å². The fraction of sp³-hybridized carbons (Fsp3) is 0.938. The highest BCUT2D eigenvalue weighted by Gasteiger charge is 2.47. The first kappa shape index (κ1) is 21.5. The van der Waals surface area contributed by atoms with Crippen LogP contribution in [0.25, 0.3) is 0 Å². The molecule has 7 atom stereocenters. The summed E-state index contributed by atoms with van der Waals surface area (Å²) in [5, 5.41) is 11.6. The van der Waals surface area contributed by atoms with E-state index < -0.39 is 12.1 Å². The van der Waals surface area contributed by atoms with Crippen molar-refractivity contribution in [1.29, 1.82) is 0 Å². The Morgan fingerprint density at radius 3 is 2.85 bits per heavy atom. The van der Waals surface area contributed by atoms with Gasteiger partial charge in [0, 0.05) is 32.6 Å². The lowest BCUT2D eigenvalue weighted by Crippen LogP contribution is -2.61. The first-order valence-corrected chi connectivity index (χ1v) is 10.3. The summed E-state index contributed by atoms with van der Waals surface area (Å²) >= 11 is 12.4. The molecule has 156 valence electrons. The predicted octanol–water partition coefficient (Wildman–Crippen LogP) is -1.77. The number of carbonyl (C=O) groups is 1. The van der Waals surface area contributed by atoms with Gasteiger partial charge < -0.3 is 20.7 Å². The molecule has 0 bridgehead atoms. The van der Waals surface area contributed by atoms with Crippen LogP contribution >= 0.6 is 23.2 Å². The van der Waals surface area contributed by atoms with Crippen LogP contribution in [0.3, 0.4) is 0 Å². The van der Waals surface area contributed by atoms with Gasteiger partial charge in [0.25, 0.3) is 0 Å². The number of nitrogens with zero attached hydrogens (tertiary/aromatic N) is 2. The number of hydrazine groups is 1. The van der Waals surface area contributed by atoms with E-state index in [9.17, 15) is 4.79 Å². The zero-order valence-electron chi connectivity index (χ0n) is 15.8. The van der Waals surface area contributed by atoms with Gasteiger partial charge >= 0.3 is 0 Å². The van der Waals surface area contributed by atoms with Gasteiger partial charge in [-0.05, 0) is 14.1 Å². The third-order valence-corrected chi connectivity index (χ3v) is 5.89. The van der Waals surface area contributed by atoms with E-state index in [1.807, 2.05) is 19.1 Å². The minimum atomic E-state index is -0.463. The largest absolute Gasteiger partial charge is 0.375 e. The minimum Gasteiger partial charge on any atom is -0.375 e. The maximum Gasteiger partial charge on any atom is 0.229 e. The zero-order valence-corrected chi connectivity index (χ0v) is 17.3. The van der Waals surface area contributed by atoms with Crippen molar-refractivity contribution in [1.82, 2.24) is 31.3 Å². The van der Waals surface area contributed by atoms with Crippen LogP contribution in [-0.4, -0.2) is 98.1 Å². The molecule has 7 unspecified atom stereocenters. The van der Waals surface area contributed by atoms with Crippen molar-refractivity contribution < 1.29 is 9.53 Å². The summed E-state index contributed by atoms with van der Waals surface area (Å²) in [7, 11) is 4.00. The Hall–Kier alpha value is -0.230. The summed E-state index contributed by atoms with van der Waals surface area (Å²) in [5.41, 5.74) is 9.18. The predicted molar refractivity (Wildman–Crippen MR) is 105 cm³/mol. The third kappa shape index (κ3) is 5.43. The van der Waals surface area contributed by atoms with Gasteiger partial charge in [0.15, 0.2) is 0 Å². The van der Waals surface area contributed by atoms with E-state index in [2.05, 4.69) is 26.3 Å². The number of amides is 1. The van der Waals surface area contributed by atoms with Gasteiger partial charge in [-0.3, -0.25) is 15.4 Å². The Labute approximate surface area is 170 Å².